The smallest absolute Gasteiger partial charge is 0.185 e. The molecule has 1 aliphatic heterocycles. The second-order valence-electron chi connectivity index (χ2n) is 5.46. The molecule has 1 saturated heterocycles. The molecule has 1 atom stereocenters. The molecule has 1 N–H and O–H groups in total. The Hall–Kier alpha value is -0.610. The van der Waals surface area contributed by atoms with E-state index in [1.165, 1.54) is 55.2 Å². The summed E-state index contributed by atoms with van der Waals surface area (Å²) in [6, 6.07) is 0. The predicted octanol–water partition coefficient (Wildman–Crippen LogP) is 3.66. The molecule has 2 heterocycles. The van der Waals surface area contributed by atoms with Crippen LogP contribution in [0.15, 0.2) is 6.20 Å². The Bertz CT molecular complexity index is 364. The highest BCUT2D eigenvalue weighted by Crippen LogP contribution is 2.28. The second-order valence-corrected chi connectivity index (χ2v) is 6.56. The monoisotopic (exact) mass is 281 g/mol. The summed E-state index contributed by atoms with van der Waals surface area (Å²) in [4.78, 5) is 8.46. The van der Waals surface area contributed by atoms with Crippen LogP contribution in [0.2, 0.25) is 0 Å². The van der Waals surface area contributed by atoms with Crippen molar-refractivity contribution in [1.29, 1.82) is 0 Å². The highest BCUT2D eigenvalue weighted by Gasteiger charge is 2.18. The van der Waals surface area contributed by atoms with Crippen LogP contribution in [-0.2, 0) is 6.54 Å². The lowest BCUT2D eigenvalue weighted by Gasteiger charge is -2.19. The first kappa shape index (κ1) is 14.8. The maximum absolute atomic E-state index is 4.61. The van der Waals surface area contributed by atoms with E-state index in [9.17, 15) is 0 Å². The number of anilines is 1. The molecule has 0 amide bonds. The van der Waals surface area contributed by atoms with Gasteiger partial charge in [0.25, 0.3) is 0 Å². The van der Waals surface area contributed by atoms with E-state index in [-0.39, 0.29) is 0 Å². The molecule has 2 rings (SSSR count). The molecular weight excluding hydrogens is 254 g/mol. The van der Waals surface area contributed by atoms with Crippen molar-refractivity contribution in [3.05, 3.63) is 11.1 Å². The molecule has 1 aromatic rings. The standard InChI is InChI=1S/C15H27N3S/c1-3-6-13-7-5-9-18(10-8-13)15-17-12-14(19-15)11-16-4-2/h12-13,16H,3-11H2,1-2H3. The lowest BCUT2D eigenvalue weighted by molar-refractivity contribution is 0.435. The van der Waals surface area contributed by atoms with Crippen molar-refractivity contribution in [3.63, 3.8) is 0 Å². The van der Waals surface area contributed by atoms with E-state index in [0.29, 0.717) is 0 Å². The lowest BCUT2D eigenvalue weighted by Crippen LogP contribution is -2.23. The van der Waals surface area contributed by atoms with Crippen LogP contribution in [0, 0.1) is 5.92 Å². The number of nitrogens with zero attached hydrogens (tertiary/aromatic N) is 2. The molecule has 1 fully saturated rings. The third kappa shape index (κ3) is 4.46. The Kier molecular flexibility index (Phi) is 6.11. The van der Waals surface area contributed by atoms with Gasteiger partial charge >= 0.3 is 0 Å². The van der Waals surface area contributed by atoms with E-state index >= 15 is 0 Å². The Morgan fingerprint density at radius 3 is 3.05 bits per heavy atom. The normalized spacial score (nSPS) is 20.5. The number of aromatic nitrogens is 1. The molecule has 1 unspecified atom stereocenters. The summed E-state index contributed by atoms with van der Waals surface area (Å²) < 4.78 is 0. The van der Waals surface area contributed by atoms with E-state index in [0.717, 1.165) is 19.0 Å². The minimum absolute atomic E-state index is 0.941. The van der Waals surface area contributed by atoms with Gasteiger partial charge in [-0.25, -0.2) is 4.98 Å². The van der Waals surface area contributed by atoms with Gasteiger partial charge in [0, 0.05) is 30.7 Å². The van der Waals surface area contributed by atoms with Gasteiger partial charge in [0.15, 0.2) is 5.13 Å². The van der Waals surface area contributed by atoms with Gasteiger partial charge in [-0.3, -0.25) is 0 Å². The van der Waals surface area contributed by atoms with Crippen LogP contribution < -0.4 is 10.2 Å². The van der Waals surface area contributed by atoms with Gasteiger partial charge in [-0.2, -0.15) is 0 Å². The van der Waals surface area contributed by atoms with Crippen molar-refractivity contribution < 1.29 is 0 Å². The fraction of sp³-hybridized carbons (Fsp3) is 0.800. The third-order valence-corrected chi connectivity index (χ3v) is 4.96. The van der Waals surface area contributed by atoms with Gasteiger partial charge in [-0.1, -0.05) is 26.7 Å². The van der Waals surface area contributed by atoms with Gasteiger partial charge in [-0.15, -0.1) is 11.3 Å². The van der Waals surface area contributed by atoms with Crippen molar-refractivity contribution in [2.45, 2.75) is 52.5 Å². The maximum atomic E-state index is 4.61. The molecule has 0 spiro atoms. The SMILES string of the molecule is CCCC1CCCN(c2ncc(CNCC)s2)CC1. The maximum Gasteiger partial charge on any atom is 0.185 e. The van der Waals surface area contributed by atoms with Crippen LogP contribution in [0.25, 0.3) is 0 Å². The summed E-state index contributed by atoms with van der Waals surface area (Å²) >= 11 is 1.86. The lowest BCUT2D eigenvalue weighted by atomic mass is 9.96. The van der Waals surface area contributed by atoms with E-state index < -0.39 is 0 Å². The Labute approximate surface area is 121 Å². The molecule has 108 valence electrons. The molecule has 0 aromatic carbocycles. The van der Waals surface area contributed by atoms with E-state index in [1.807, 2.05) is 17.5 Å². The van der Waals surface area contributed by atoms with E-state index in [4.69, 9.17) is 0 Å². The zero-order valence-electron chi connectivity index (χ0n) is 12.3. The quantitative estimate of drug-likeness (QED) is 0.862. The topological polar surface area (TPSA) is 28.2 Å². The largest absolute Gasteiger partial charge is 0.348 e. The molecule has 4 heteroatoms. The first-order chi connectivity index (χ1) is 9.33. The zero-order chi connectivity index (χ0) is 13.5. The van der Waals surface area contributed by atoms with Crippen LogP contribution >= 0.6 is 11.3 Å². The summed E-state index contributed by atoms with van der Waals surface area (Å²) in [7, 11) is 0. The van der Waals surface area contributed by atoms with E-state index in [2.05, 4.69) is 29.0 Å². The molecule has 0 bridgehead atoms. The molecule has 0 aliphatic carbocycles. The van der Waals surface area contributed by atoms with Crippen molar-refractivity contribution >= 4 is 16.5 Å². The highest BCUT2D eigenvalue weighted by atomic mass is 32.1. The number of nitrogens with one attached hydrogen (secondary N) is 1. The Morgan fingerprint density at radius 2 is 2.26 bits per heavy atom. The molecule has 1 aliphatic rings. The molecule has 0 saturated carbocycles. The van der Waals surface area contributed by atoms with Crippen molar-refractivity contribution in [3.8, 4) is 0 Å². The number of thiazole rings is 1. The summed E-state index contributed by atoms with van der Waals surface area (Å²) in [5.74, 6) is 0.941. The van der Waals surface area contributed by atoms with Gasteiger partial charge < -0.3 is 10.2 Å². The fourth-order valence-corrected chi connectivity index (χ4v) is 3.76. The number of hydrogen-bond acceptors (Lipinski definition) is 4. The third-order valence-electron chi connectivity index (χ3n) is 3.91. The van der Waals surface area contributed by atoms with Gasteiger partial charge in [0.1, 0.15) is 0 Å². The summed E-state index contributed by atoms with van der Waals surface area (Å²) in [5.41, 5.74) is 0. The minimum atomic E-state index is 0.941. The predicted molar refractivity (Wildman–Crippen MR) is 84.0 cm³/mol. The minimum Gasteiger partial charge on any atom is -0.348 e. The van der Waals surface area contributed by atoms with Crippen molar-refractivity contribution in [1.82, 2.24) is 10.3 Å². The highest BCUT2D eigenvalue weighted by molar-refractivity contribution is 7.15. The van der Waals surface area contributed by atoms with Crippen molar-refractivity contribution in [2.24, 2.45) is 5.92 Å². The van der Waals surface area contributed by atoms with Crippen LogP contribution in [0.5, 0.6) is 0 Å². The average Bonchev–Trinajstić information content (AvgIpc) is 2.77. The molecule has 1 aromatic heterocycles. The van der Waals surface area contributed by atoms with Gasteiger partial charge in [0.2, 0.25) is 0 Å². The second kappa shape index (κ2) is 7.85. The first-order valence-electron chi connectivity index (χ1n) is 7.73. The van der Waals surface area contributed by atoms with Gasteiger partial charge in [-0.05, 0) is 31.7 Å². The molecule has 0 radical (unpaired) electrons. The number of rotatable bonds is 6. The fourth-order valence-electron chi connectivity index (χ4n) is 2.83. The van der Waals surface area contributed by atoms with Crippen LogP contribution in [-0.4, -0.2) is 24.6 Å². The van der Waals surface area contributed by atoms with Crippen LogP contribution in [0.4, 0.5) is 5.13 Å². The average molecular weight is 281 g/mol. The summed E-state index contributed by atoms with van der Waals surface area (Å²) in [6.45, 7) is 8.81. The Balaban J connectivity index is 1.88. The summed E-state index contributed by atoms with van der Waals surface area (Å²) in [5, 5.41) is 4.60. The van der Waals surface area contributed by atoms with Crippen molar-refractivity contribution in [2.75, 3.05) is 24.5 Å². The van der Waals surface area contributed by atoms with Gasteiger partial charge in [0.05, 0.1) is 0 Å². The Morgan fingerprint density at radius 1 is 1.37 bits per heavy atom. The molecule has 19 heavy (non-hydrogen) atoms. The number of hydrogen-bond donors (Lipinski definition) is 1. The first-order valence-corrected chi connectivity index (χ1v) is 8.55. The van der Waals surface area contributed by atoms with E-state index in [1.54, 1.807) is 0 Å². The van der Waals surface area contributed by atoms with Crippen LogP contribution in [0.3, 0.4) is 0 Å². The van der Waals surface area contributed by atoms with Crippen LogP contribution in [0.1, 0.15) is 50.8 Å². The summed E-state index contributed by atoms with van der Waals surface area (Å²) in [6.07, 6.45) is 8.84. The molecule has 3 nitrogen and oxygen atoms in total. The molecular formula is C15H27N3S. The zero-order valence-corrected chi connectivity index (χ0v) is 13.1.